The van der Waals surface area contributed by atoms with Gasteiger partial charge >= 0.3 is 0 Å². The fourth-order valence-corrected chi connectivity index (χ4v) is 1.75. The number of amides is 1. The Balaban J connectivity index is 1.90. The molecule has 1 fully saturated rings. The summed E-state index contributed by atoms with van der Waals surface area (Å²) >= 11 is 0. The van der Waals surface area contributed by atoms with Crippen LogP contribution in [0.4, 0.5) is 4.39 Å². The number of hydrogen-bond donors (Lipinski definition) is 1. The van der Waals surface area contributed by atoms with Crippen molar-refractivity contribution < 1.29 is 13.9 Å². The minimum absolute atomic E-state index is 0.0794. The predicted molar refractivity (Wildman–Crippen MR) is 57.7 cm³/mol. The Labute approximate surface area is 93.6 Å². The van der Waals surface area contributed by atoms with Crippen LogP contribution in [0.25, 0.3) is 0 Å². The van der Waals surface area contributed by atoms with E-state index in [4.69, 9.17) is 4.74 Å². The van der Waals surface area contributed by atoms with Crippen LogP contribution in [-0.4, -0.2) is 25.2 Å². The first-order chi connectivity index (χ1) is 7.77. The fraction of sp³-hybridized carbons (Fsp3) is 0.417. The summed E-state index contributed by atoms with van der Waals surface area (Å²) in [5.41, 5.74) is 0.0838. The van der Waals surface area contributed by atoms with E-state index in [1.54, 1.807) is 12.1 Å². The van der Waals surface area contributed by atoms with Gasteiger partial charge in [-0.2, -0.15) is 0 Å². The van der Waals surface area contributed by atoms with Crippen LogP contribution in [0, 0.1) is 5.82 Å². The zero-order chi connectivity index (χ0) is 11.4. The van der Waals surface area contributed by atoms with Crippen molar-refractivity contribution in [2.24, 2.45) is 0 Å². The molecule has 1 aliphatic rings. The summed E-state index contributed by atoms with van der Waals surface area (Å²) in [5.74, 6) is -0.874. The lowest BCUT2D eigenvalue weighted by Crippen LogP contribution is -2.32. The molecule has 0 unspecified atom stereocenters. The van der Waals surface area contributed by atoms with E-state index in [0.717, 1.165) is 19.4 Å². The van der Waals surface area contributed by atoms with E-state index in [2.05, 4.69) is 5.32 Å². The maximum Gasteiger partial charge on any atom is 0.254 e. The van der Waals surface area contributed by atoms with E-state index >= 15 is 0 Å². The lowest BCUT2D eigenvalue weighted by molar-refractivity contribution is 0.0854. The van der Waals surface area contributed by atoms with Crippen LogP contribution in [-0.2, 0) is 4.74 Å². The van der Waals surface area contributed by atoms with Crippen molar-refractivity contribution in [3.05, 3.63) is 35.6 Å². The molecule has 1 heterocycles. The van der Waals surface area contributed by atoms with Crippen molar-refractivity contribution in [1.82, 2.24) is 5.32 Å². The van der Waals surface area contributed by atoms with Crippen LogP contribution in [0.3, 0.4) is 0 Å². The number of carbonyl (C=O) groups is 1. The Morgan fingerprint density at radius 1 is 1.50 bits per heavy atom. The summed E-state index contributed by atoms with van der Waals surface area (Å²) in [6, 6.07) is 5.96. The van der Waals surface area contributed by atoms with Crippen molar-refractivity contribution in [3.63, 3.8) is 0 Å². The van der Waals surface area contributed by atoms with Crippen LogP contribution in [0.15, 0.2) is 24.3 Å². The van der Waals surface area contributed by atoms with Crippen molar-refractivity contribution in [2.45, 2.75) is 18.9 Å². The van der Waals surface area contributed by atoms with Gasteiger partial charge in [-0.1, -0.05) is 12.1 Å². The van der Waals surface area contributed by atoms with Gasteiger partial charge in [-0.3, -0.25) is 4.79 Å². The molecule has 0 spiro atoms. The van der Waals surface area contributed by atoms with Gasteiger partial charge < -0.3 is 10.1 Å². The second-order valence-corrected chi connectivity index (χ2v) is 3.82. The second-order valence-electron chi connectivity index (χ2n) is 3.82. The molecule has 0 saturated carbocycles. The molecule has 0 bridgehead atoms. The molecule has 1 amide bonds. The van der Waals surface area contributed by atoms with Crippen molar-refractivity contribution in [1.29, 1.82) is 0 Å². The predicted octanol–water partition coefficient (Wildman–Crippen LogP) is 1.73. The summed E-state index contributed by atoms with van der Waals surface area (Å²) < 4.78 is 18.6. The Morgan fingerprint density at radius 3 is 3.00 bits per heavy atom. The third-order valence-electron chi connectivity index (χ3n) is 2.63. The Bertz CT molecular complexity index is 375. The van der Waals surface area contributed by atoms with Gasteiger partial charge in [-0.05, 0) is 25.0 Å². The molecule has 0 aliphatic carbocycles. The molecular formula is C12H14FNO2. The zero-order valence-electron chi connectivity index (χ0n) is 8.91. The van der Waals surface area contributed by atoms with Gasteiger partial charge in [0.05, 0.1) is 11.7 Å². The highest BCUT2D eigenvalue weighted by molar-refractivity contribution is 5.94. The van der Waals surface area contributed by atoms with Crippen LogP contribution in [0.2, 0.25) is 0 Å². The summed E-state index contributed by atoms with van der Waals surface area (Å²) in [4.78, 5) is 11.6. The molecule has 1 saturated heterocycles. The SMILES string of the molecule is O=C(NC[C@H]1CCCO1)c1ccccc1F. The van der Waals surface area contributed by atoms with E-state index in [-0.39, 0.29) is 17.6 Å². The van der Waals surface area contributed by atoms with Crippen LogP contribution >= 0.6 is 0 Å². The molecule has 1 aliphatic heterocycles. The second kappa shape index (κ2) is 5.07. The standard InChI is InChI=1S/C12H14FNO2/c13-11-6-2-1-5-10(11)12(15)14-8-9-4-3-7-16-9/h1-2,5-6,9H,3-4,7-8H2,(H,14,15)/t9-/m1/s1. The molecule has 0 radical (unpaired) electrons. The number of ether oxygens (including phenoxy) is 1. The van der Waals surface area contributed by atoms with E-state index < -0.39 is 5.82 Å². The maximum atomic E-state index is 13.2. The van der Waals surface area contributed by atoms with Crippen LogP contribution in [0.1, 0.15) is 23.2 Å². The van der Waals surface area contributed by atoms with Gasteiger partial charge in [-0.25, -0.2) is 4.39 Å². The Kier molecular flexibility index (Phi) is 3.51. The van der Waals surface area contributed by atoms with E-state index in [1.165, 1.54) is 12.1 Å². The van der Waals surface area contributed by atoms with Crippen LogP contribution < -0.4 is 5.32 Å². The van der Waals surface area contributed by atoms with Gasteiger partial charge in [0.25, 0.3) is 5.91 Å². The maximum absolute atomic E-state index is 13.2. The van der Waals surface area contributed by atoms with E-state index in [9.17, 15) is 9.18 Å². The largest absolute Gasteiger partial charge is 0.376 e. The highest BCUT2D eigenvalue weighted by atomic mass is 19.1. The number of halogens is 1. The molecule has 1 aromatic rings. The highest BCUT2D eigenvalue weighted by Crippen LogP contribution is 2.11. The number of rotatable bonds is 3. The summed E-state index contributed by atoms with van der Waals surface area (Å²) in [7, 11) is 0. The van der Waals surface area contributed by atoms with Gasteiger partial charge in [0.15, 0.2) is 0 Å². The minimum Gasteiger partial charge on any atom is -0.376 e. The van der Waals surface area contributed by atoms with Gasteiger partial charge in [0.2, 0.25) is 0 Å². The molecule has 1 atom stereocenters. The lowest BCUT2D eigenvalue weighted by Gasteiger charge is -2.10. The molecule has 16 heavy (non-hydrogen) atoms. The lowest BCUT2D eigenvalue weighted by atomic mass is 10.2. The number of carbonyl (C=O) groups excluding carboxylic acids is 1. The molecule has 3 nitrogen and oxygen atoms in total. The smallest absolute Gasteiger partial charge is 0.254 e. The number of benzene rings is 1. The minimum atomic E-state index is -0.493. The normalized spacial score (nSPS) is 19.7. The topological polar surface area (TPSA) is 38.3 Å². The third kappa shape index (κ3) is 2.58. The van der Waals surface area contributed by atoms with Gasteiger partial charge in [0.1, 0.15) is 5.82 Å². The summed E-state index contributed by atoms with van der Waals surface area (Å²) in [5, 5.41) is 2.68. The molecule has 0 aromatic heterocycles. The first-order valence-corrected chi connectivity index (χ1v) is 5.41. The first kappa shape index (κ1) is 11.1. The van der Waals surface area contributed by atoms with Crippen molar-refractivity contribution >= 4 is 5.91 Å². The number of nitrogens with one attached hydrogen (secondary N) is 1. The van der Waals surface area contributed by atoms with E-state index in [0.29, 0.717) is 6.54 Å². The monoisotopic (exact) mass is 223 g/mol. The highest BCUT2D eigenvalue weighted by Gasteiger charge is 2.17. The first-order valence-electron chi connectivity index (χ1n) is 5.41. The Hall–Kier alpha value is -1.42. The molecule has 1 aromatic carbocycles. The van der Waals surface area contributed by atoms with E-state index in [1.807, 2.05) is 0 Å². The molecule has 4 heteroatoms. The number of hydrogen-bond acceptors (Lipinski definition) is 2. The van der Waals surface area contributed by atoms with Crippen molar-refractivity contribution in [3.8, 4) is 0 Å². The molecule has 2 rings (SSSR count). The Morgan fingerprint density at radius 2 is 2.31 bits per heavy atom. The van der Waals surface area contributed by atoms with Gasteiger partial charge in [-0.15, -0.1) is 0 Å². The average molecular weight is 223 g/mol. The van der Waals surface area contributed by atoms with Crippen molar-refractivity contribution in [2.75, 3.05) is 13.2 Å². The summed E-state index contributed by atoms with van der Waals surface area (Å²) in [6.45, 7) is 1.20. The summed E-state index contributed by atoms with van der Waals surface area (Å²) in [6.07, 6.45) is 2.06. The van der Waals surface area contributed by atoms with Crippen LogP contribution in [0.5, 0.6) is 0 Å². The van der Waals surface area contributed by atoms with Gasteiger partial charge in [0, 0.05) is 13.2 Å². The quantitative estimate of drug-likeness (QED) is 0.847. The zero-order valence-corrected chi connectivity index (χ0v) is 8.91. The third-order valence-corrected chi connectivity index (χ3v) is 2.63. The average Bonchev–Trinajstić information content (AvgIpc) is 2.79. The molecule has 1 N–H and O–H groups in total. The molecular weight excluding hydrogens is 209 g/mol. The molecule has 86 valence electrons. The fourth-order valence-electron chi connectivity index (χ4n) is 1.75.